The molecule has 2 aromatic heterocycles. The van der Waals surface area contributed by atoms with Crippen LogP contribution in [0.3, 0.4) is 0 Å². The van der Waals surface area contributed by atoms with Gasteiger partial charge in [-0.15, -0.1) is 0 Å². The van der Waals surface area contributed by atoms with E-state index in [1.165, 1.54) is 6.26 Å². The molecule has 2 aromatic rings. The Morgan fingerprint density at radius 3 is 3.21 bits per heavy atom. The van der Waals surface area contributed by atoms with Crippen molar-refractivity contribution in [1.29, 1.82) is 0 Å². The van der Waals surface area contributed by atoms with Crippen LogP contribution < -0.4 is 10.9 Å². The van der Waals surface area contributed by atoms with E-state index in [9.17, 15) is 9.59 Å². The van der Waals surface area contributed by atoms with Gasteiger partial charge in [0.2, 0.25) is 0 Å². The molecule has 0 radical (unpaired) electrons. The summed E-state index contributed by atoms with van der Waals surface area (Å²) < 4.78 is 5.05. The molecule has 0 saturated carbocycles. The Balaban J connectivity index is 1.72. The van der Waals surface area contributed by atoms with Crippen molar-refractivity contribution < 1.29 is 9.21 Å². The lowest BCUT2D eigenvalue weighted by Crippen LogP contribution is -2.39. The molecule has 1 aliphatic carbocycles. The average Bonchev–Trinajstić information content (AvgIpc) is 2.92. The van der Waals surface area contributed by atoms with E-state index < -0.39 is 0 Å². The quantitative estimate of drug-likeness (QED) is 0.828. The van der Waals surface area contributed by atoms with Crippen molar-refractivity contribution in [3.05, 3.63) is 51.8 Å². The smallest absolute Gasteiger partial charge is 0.287 e. The summed E-state index contributed by atoms with van der Waals surface area (Å²) in [4.78, 5) is 23.1. The molecule has 6 heteroatoms. The molecule has 2 heterocycles. The van der Waals surface area contributed by atoms with Crippen molar-refractivity contribution in [2.24, 2.45) is 0 Å². The van der Waals surface area contributed by atoms with Gasteiger partial charge < -0.3 is 9.73 Å². The molecule has 0 fully saturated rings. The number of amides is 1. The fraction of sp³-hybridized carbons (Fsp3) is 0.308. The summed E-state index contributed by atoms with van der Waals surface area (Å²) in [7, 11) is 0. The summed E-state index contributed by atoms with van der Waals surface area (Å²) in [6.45, 7) is 0. The zero-order valence-corrected chi connectivity index (χ0v) is 10.2. The first-order chi connectivity index (χ1) is 9.22. The normalized spacial score (nSPS) is 17.8. The second-order valence-electron chi connectivity index (χ2n) is 4.59. The van der Waals surface area contributed by atoms with Crippen molar-refractivity contribution in [3.63, 3.8) is 0 Å². The molecular formula is C13H13N3O3. The second-order valence-corrected chi connectivity index (χ2v) is 4.59. The molecule has 0 saturated heterocycles. The van der Waals surface area contributed by atoms with E-state index in [0.29, 0.717) is 12.2 Å². The van der Waals surface area contributed by atoms with Gasteiger partial charge in [-0.1, -0.05) is 0 Å². The molecule has 2 N–H and O–H groups in total. The predicted octanol–water partition coefficient (Wildman–Crippen LogP) is 0.650. The Morgan fingerprint density at radius 1 is 1.53 bits per heavy atom. The minimum Gasteiger partial charge on any atom is -0.459 e. The van der Waals surface area contributed by atoms with Crippen molar-refractivity contribution in [2.75, 3.05) is 0 Å². The second kappa shape index (κ2) is 4.72. The van der Waals surface area contributed by atoms with Gasteiger partial charge >= 0.3 is 0 Å². The fourth-order valence-electron chi connectivity index (χ4n) is 2.33. The standard InChI is InChI=1S/C13H13N3O3/c17-12-7-8-6-9(3-4-10(8)15-16-12)14-13(18)11-2-1-5-19-11/h1-2,5,7,9H,3-4,6H2,(H,14,18)(H,16,17)/t9-/m1/s1. The summed E-state index contributed by atoms with van der Waals surface area (Å²) in [5.41, 5.74) is 1.60. The van der Waals surface area contributed by atoms with Crippen LogP contribution in [0.4, 0.5) is 0 Å². The van der Waals surface area contributed by atoms with Crippen molar-refractivity contribution >= 4 is 5.91 Å². The number of aromatic nitrogens is 2. The Bertz CT molecular complexity index is 645. The van der Waals surface area contributed by atoms with E-state index in [1.54, 1.807) is 18.2 Å². The molecule has 98 valence electrons. The minimum absolute atomic E-state index is 0.00806. The number of aromatic amines is 1. The number of aryl methyl sites for hydroxylation is 1. The number of hydrogen-bond acceptors (Lipinski definition) is 4. The monoisotopic (exact) mass is 259 g/mol. The molecule has 1 amide bonds. The van der Waals surface area contributed by atoms with Crippen LogP contribution in [-0.4, -0.2) is 22.1 Å². The molecule has 0 spiro atoms. The van der Waals surface area contributed by atoms with Crippen LogP contribution >= 0.6 is 0 Å². The number of carbonyl (C=O) groups excluding carboxylic acids is 1. The Labute approximate surface area is 108 Å². The van der Waals surface area contributed by atoms with E-state index in [2.05, 4.69) is 15.5 Å². The van der Waals surface area contributed by atoms with Crippen LogP contribution in [-0.2, 0) is 12.8 Å². The molecule has 1 aliphatic rings. The van der Waals surface area contributed by atoms with Crippen LogP contribution in [0.15, 0.2) is 33.7 Å². The maximum absolute atomic E-state index is 11.9. The number of fused-ring (bicyclic) bond motifs is 1. The van der Waals surface area contributed by atoms with Gasteiger partial charge in [-0.05, 0) is 37.0 Å². The minimum atomic E-state index is -0.226. The summed E-state index contributed by atoms with van der Waals surface area (Å²) in [5, 5.41) is 9.35. The van der Waals surface area contributed by atoms with E-state index in [4.69, 9.17) is 4.42 Å². The van der Waals surface area contributed by atoms with Crippen molar-refractivity contribution in [2.45, 2.75) is 25.3 Å². The molecule has 1 atom stereocenters. The first kappa shape index (κ1) is 11.7. The third-order valence-corrected chi connectivity index (χ3v) is 3.25. The van der Waals surface area contributed by atoms with Gasteiger partial charge in [0, 0.05) is 12.1 Å². The lowest BCUT2D eigenvalue weighted by atomic mass is 9.92. The average molecular weight is 259 g/mol. The number of carbonyl (C=O) groups is 1. The fourth-order valence-corrected chi connectivity index (χ4v) is 2.33. The summed E-state index contributed by atoms with van der Waals surface area (Å²) in [5.74, 6) is 0.0751. The number of nitrogens with zero attached hydrogens (tertiary/aromatic N) is 1. The largest absolute Gasteiger partial charge is 0.459 e. The number of H-pyrrole nitrogens is 1. The number of rotatable bonds is 2. The summed E-state index contributed by atoms with van der Waals surface area (Å²) in [6.07, 6.45) is 3.64. The van der Waals surface area contributed by atoms with Crippen LogP contribution in [0.2, 0.25) is 0 Å². The maximum Gasteiger partial charge on any atom is 0.287 e. The molecule has 0 aliphatic heterocycles. The van der Waals surface area contributed by atoms with Crippen LogP contribution in [0.5, 0.6) is 0 Å². The zero-order chi connectivity index (χ0) is 13.2. The van der Waals surface area contributed by atoms with Crippen molar-refractivity contribution in [3.8, 4) is 0 Å². The lowest BCUT2D eigenvalue weighted by Gasteiger charge is -2.23. The van der Waals surface area contributed by atoms with Crippen molar-refractivity contribution in [1.82, 2.24) is 15.5 Å². The summed E-state index contributed by atoms with van der Waals surface area (Å²) in [6, 6.07) is 4.86. The highest BCUT2D eigenvalue weighted by atomic mass is 16.3. The number of nitrogens with one attached hydrogen (secondary N) is 2. The highest BCUT2D eigenvalue weighted by molar-refractivity contribution is 5.91. The van der Waals surface area contributed by atoms with Gasteiger partial charge in [-0.3, -0.25) is 9.59 Å². The van der Waals surface area contributed by atoms with Gasteiger partial charge in [0.25, 0.3) is 11.5 Å². The Kier molecular flexibility index (Phi) is 2.91. The van der Waals surface area contributed by atoms with Gasteiger partial charge in [0.05, 0.1) is 12.0 Å². The first-order valence-electron chi connectivity index (χ1n) is 6.14. The molecular weight excluding hydrogens is 246 g/mol. The number of hydrogen-bond donors (Lipinski definition) is 2. The van der Waals surface area contributed by atoms with Crippen LogP contribution in [0.25, 0.3) is 0 Å². The van der Waals surface area contributed by atoms with Crippen LogP contribution in [0.1, 0.15) is 28.2 Å². The van der Waals surface area contributed by atoms with Gasteiger partial charge in [-0.2, -0.15) is 5.10 Å². The van der Waals surface area contributed by atoms with Crippen LogP contribution in [0, 0.1) is 0 Å². The van der Waals surface area contributed by atoms with Gasteiger partial charge in [0.15, 0.2) is 5.76 Å². The zero-order valence-electron chi connectivity index (χ0n) is 10.2. The summed E-state index contributed by atoms with van der Waals surface area (Å²) >= 11 is 0. The SMILES string of the molecule is O=C(N[C@@H]1CCc2n[nH]c(=O)cc2C1)c1ccco1. The Morgan fingerprint density at radius 2 is 2.42 bits per heavy atom. The molecule has 0 unspecified atom stereocenters. The predicted molar refractivity (Wildman–Crippen MR) is 66.8 cm³/mol. The number of furan rings is 1. The maximum atomic E-state index is 11.9. The first-order valence-corrected chi connectivity index (χ1v) is 6.14. The highest BCUT2D eigenvalue weighted by Crippen LogP contribution is 2.18. The molecule has 19 heavy (non-hydrogen) atoms. The molecule has 6 nitrogen and oxygen atoms in total. The van der Waals surface area contributed by atoms with E-state index in [0.717, 1.165) is 24.1 Å². The molecule has 0 aromatic carbocycles. The van der Waals surface area contributed by atoms with E-state index in [1.807, 2.05) is 0 Å². The Hall–Kier alpha value is -2.37. The third-order valence-electron chi connectivity index (χ3n) is 3.25. The highest BCUT2D eigenvalue weighted by Gasteiger charge is 2.22. The van der Waals surface area contributed by atoms with Gasteiger partial charge in [0.1, 0.15) is 0 Å². The van der Waals surface area contributed by atoms with Gasteiger partial charge in [-0.25, -0.2) is 5.10 Å². The third kappa shape index (κ3) is 2.42. The van der Waals surface area contributed by atoms with E-state index >= 15 is 0 Å². The topological polar surface area (TPSA) is 88.0 Å². The molecule has 0 bridgehead atoms. The molecule has 3 rings (SSSR count). The lowest BCUT2D eigenvalue weighted by molar-refractivity contribution is 0.0905. The van der Waals surface area contributed by atoms with E-state index in [-0.39, 0.29) is 17.5 Å².